The van der Waals surface area contributed by atoms with Crippen molar-refractivity contribution in [3.63, 3.8) is 0 Å². The van der Waals surface area contributed by atoms with Gasteiger partial charge >= 0.3 is 0 Å². The van der Waals surface area contributed by atoms with E-state index in [0.717, 1.165) is 22.6 Å². The van der Waals surface area contributed by atoms with Crippen LogP contribution in [0, 0.1) is 20.8 Å². The van der Waals surface area contributed by atoms with Crippen molar-refractivity contribution in [3.8, 4) is 0 Å². The second kappa shape index (κ2) is 9.33. The Morgan fingerprint density at radius 2 is 2.00 bits per heavy atom. The number of ether oxygens (including phenoxy) is 1. The molecule has 1 aliphatic heterocycles. The van der Waals surface area contributed by atoms with Crippen LogP contribution in [0.2, 0.25) is 0 Å². The maximum atomic E-state index is 12.0. The number of pyridine rings is 1. The number of hydrogen-bond donors (Lipinski definition) is 2. The first-order valence-electron chi connectivity index (χ1n) is 10.8. The minimum atomic E-state index is -0.185. The summed E-state index contributed by atoms with van der Waals surface area (Å²) in [5.41, 5.74) is 7.17. The third-order valence-corrected chi connectivity index (χ3v) is 6.58. The first-order valence-corrected chi connectivity index (χ1v) is 11.3. The Morgan fingerprint density at radius 3 is 2.61 bits per heavy atom. The van der Waals surface area contributed by atoms with Crippen molar-refractivity contribution in [3.05, 3.63) is 76.9 Å². The molecule has 2 atom stereocenters. The van der Waals surface area contributed by atoms with Gasteiger partial charge in [0.15, 0.2) is 5.11 Å². The van der Waals surface area contributed by atoms with E-state index in [-0.39, 0.29) is 24.6 Å². The molecule has 4 rings (SSSR count). The smallest absolute Gasteiger partial charge is 0.250 e. The van der Waals surface area contributed by atoms with Gasteiger partial charge in [0.1, 0.15) is 6.61 Å². The molecule has 1 aromatic carbocycles. The van der Waals surface area contributed by atoms with Crippen LogP contribution in [0.1, 0.15) is 40.3 Å². The standard InChI is InChI=1S/C25H29N5O2S/c1-15-12-18(9-10-20(15)27-22(31)14-32-5)30-24(19-13-16(2)29(4)17(19)3)23(28-25(30)33)21-8-6-7-11-26-21/h6-13,23-24H,14H2,1-5H3,(H,27,31)(H,28,33). The fourth-order valence-corrected chi connectivity index (χ4v) is 4.73. The summed E-state index contributed by atoms with van der Waals surface area (Å²) in [6.45, 7) is 6.24. The molecule has 7 nitrogen and oxygen atoms in total. The lowest BCUT2D eigenvalue weighted by Gasteiger charge is -2.28. The number of nitrogens with one attached hydrogen (secondary N) is 2. The maximum absolute atomic E-state index is 12.0. The SMILES string of the molecule is COCC(=O)Nc1ccc(N2C(=S)NC(c3ccccn3)C2c2cc(C)n(C)c2C)cc1C. The van der Waals surface area contributed by atoms with Crippen LogP contribution in [0.5, 0.6) is 0 Å². The highest BCUT2D eigenvalue weighted by Crippen LogP contribution is 2.43. The number of hydrogen-bond acceptors (Lipinski definition) is 4. The summed E-state index contributed by atoms with van der Waals surface area (Å²) in [6.07, 6.45) is 1.81. The number of benzene rings is 1. The molecule has 0 spiro atoms. The highest BCUT2D eigenvalue weighted by Gasteiger charge is 2.42. The zero-order valence-electron chi connectivity index (χ0n) is 19.5. The van der Waals surface area contributed by atoms with Gasteiger partial charge in [-0.15, -0.1) is 0 Å². The third kappa shape index (κ3) is 4.36. The Balaban J connectivity index is 1.77. The van der Waals surface area contributed by atoms with E-state index < -0.39 is 0 Å². The van der Waals surface area contributed by atoms with E-state index in [2.05, 4.69) is 58.1 Å². The minimum Gasteiger partial charge on any atom is -0.375 e. The number of anilines is 2. The molecule has 2 aromatic heterocycles. The molecule has 0 radical (unpaired) electrons. The van der Waals surface area contributed by atoms with Crippen LogP contribution >= 0.6 is 12.2 Å². The summed E-state index contributed by atoms with van der Waals surface area (Å²) in [5.74, 6) is -0.185. The largest absolute Gasteiger partial charge is 0.375 e. The number of thiocarbonyl (C=S) groups is 1. The molecule has 8 heteroatoms. The number of nitrogens with zero attached hydrogens (tertiary/aromatic N) is 3. The summed E-state index contributed by atoms with van der Waals surface area (Å²) in [6, 6.07) is 14.0. The molecular formula is C25H29N5O2S. The molecule has 1 fully saturated rings. The van der Waals surface area contributed by atoms with Gasteiger partial charge < -0.3 is 24.8 Å². The quantitative estimate of drug-likeness (QED) is 0.536. The number of rotatable bonds is 6. The highest BCUT2D eigenvalue weighted by molar-refractivity contribution is 7.80. The zero-order chi connectivity index (χ0) is 23.7. The van der Waals surface area contributed by atoms with Crippen LogP contribution in [-0.4, -0.2) is 34.3 Å². The van der Waals surface area contributed by atoms with Gasteiger partial charge in [0, 0.05) is 43.1 Å². The van der Waals surface area contributed by atoms with E-state index in [4.69, 9.17) is 17.0 Å². The monoisotopic (exact) mass is 463 g/mol. The Bertz CT molecular complexity index is 1190. The van der Waals surface area contributed by atoms with E-state index >= 15 is 0 Å². The summed E-state index contributed by atoms with van der Waals surface area (Å²) >= 11 is 5.83. The van der Waals surface area contributed by atoms with Crippen molar-refractivity contribution in [2.45, 2.75) is 32.9 Å². The van der Waals surface area contributed by atoms with E-state index in [1.807, 2.05) is 43.5 Å². The number of amides is 1. The summed E-state index contributed by atoms with van der Waals surface area (Å²) < 4.78 is 7.12. The number of carbonyl (C=O) groups is 1. The predicted molar refractivity (Wildman–Crippen MR) is 135 cm³/mol. The summed E-state index contributed by atoms with van der Waals surface area (Å²) in [4.78, 5) is 18.8. The van der Waals surface area contributed by atoms with Gasteiger partial charge in [-0.25, -0.2) is 0 Å². The normalized spacial score (nSPS) is 17.8. The highest BCUT2D eigenvalue weighted by atomic mass is 32.1. The number of carbonyl (C=O) groups excluding carboxylic acids is 1. The zero-order valence-corrected chi connectivity index (χ0v) is 20.4. The second-order valence-electron chi connectivity index (χ2n) is 8.36. The molecule has 1 amide bonds. The van der Waals surface area contributed by atoms with Gasteiger partial charge in [-0.1, -0.05) is 6.07 Å². The average molecular weight is 464 g/mol. The van der Waals surface area contributed by atoms with Crippen LogP contribution < -0.4 is 15.5 Å². The molecule has 1 saturated heterocycles. The van der Waals surface area contributed by atoms with Crippen molar-refractivity contribution in [1.82, 2.24) is 14.9 Å². The third-order valence-electron chi connectivity index (χ3n) is 6.27. The molecule has 172 valence electrons. The van der Waals surface area contributed by atoms with Crippen molar-refractivity contribution < 1.29 is 9.53 Å². The topological polar surface area (TPSA) is 71.4 Å². The van der Waals surface area contributed by atoms with Gasteiger partial charge in [-0.2, -0.15) is 0 Å². The summed E-state index contributed by atoms with van der Waals surface area (Å²) in [7, 11) is 3.58. The molecule has 0 saturated carbocycles. The molecule has 0 bridgehead atoms. The van der Waals surface area contributed by atoms with E-state index in [0.29, 0.717) is 5.11 Å². The molecule has 1 aliphatic rings. The second-order valence-corrected chi connectivity index (χ2v) is 8.75. The number of aryl methyl sites for hydroxylation is 2. The van der Waals surface area contributed by atoms with Crippen molar-refractivity contribution >= 4 is 34.6 Å². The predicted octanol–water partition coefficient (Wildman–Crippen LogP) is 4.11. The molecule has 33 heavy (non-hydrogen) atoms. The van der Waals surface area contributed by atoms with Gasteiger partial charge in [-0.05, 0) is 80.5 Å². The first kappa shape index (κ1) is 22.9. The van der Waals surface area contributed by atoms with Crippen LogP contribution in [0.3, 0.4) is 0 Å². The van der Waals surface area contributed by atoms with Crippen LogP contribution in [0.15, 0.2) is 48.7 Å². The molecule has 3 aromatic rings. The van der Waals surface area contributed by atoms with E-state index in [1.165, 1.54) is 24.1 Å². The fourth-order valence-electron chi connectivity index (χ4n) is 4.39. The lowest BCUT2D eigenvalue weighted by molar-refractivity contribution is -0.119. The molecular weight excluding hydrogens is 434 g/mol. The Labute approximate surface area is 199 Å². The number of aromatic nitrogens is 2. The fraction of sp³-hybridized carbons (Fsp3) is 0.320. The molecule has 2 N–H and O–H groups in total. The van der Waals surface area contributed by atoms with Gasteiger partial charge in [0.05, 0.1) is 17.8 Å². The average Bonchev–Trinajstić information content (AvgIpc) is 3.27. The maximum Gasteiger partial charge on any atom is 0.250 e. The molecule has 3 heterocycles. The van der Waals surface area contributed by atoms with Crippen molar-refractivity contribution in [2.24, 2.45) is 7.05 Å². The number of methoxy groups -OCH3 is 1. The minimum absolute atomic E-state index is 0.0157. The van der Waals surface area contributed by atoms with Crippen LogP contribution in [-0.2, 0) is 16.6 Å². The lowest BCUT2D eigenvalue weighted by Crippen LogP contribution is -2.29. The lowest BCUT2D eigenvalue weighted by atomic mass is 9.96. The van der Waals surface area contributed by atoms with E-state index in [9.17, 15) is 4.79 Å². The van der Waals surface area contributed by atoms with Gasteiger partial charge in [0.2, 0.25) is 5.91 Å². The van der Waals surface area contributed by atoms with Gasteiger partial charge in [0.25, 0.3) is 0 Å². The Hall–Kier alpha value is -3.23. The summed E-state index contributed by atoms with van der Waals surface area (Å²) in [5, 5.41) is 7.04. The molecule has 0 aliphatic carbocycles. The van der Waals surface area contributed by atoms with Gasteiger partial charge in [-0.3, -0.25) is 9.78 Å². The van der Waals surface area contributed by atoms with Crippen LogP contribution in [0.25, 0.3) is 0 Å². The first-order chi connectivity index (χ1) is 15.8. The van der Waals surface area contributed by atoms with Crippen molar-refractivity contribution in [1.29, 1.82) is 0 Å². The Morgan fingerprint density at radius 1 is 1.21 bits per heavy atom. The van der Waals surface area contributed by atoms with Crippen LogP contribution in [0.4, 0.5) is 11.4 Å². The molecule has 2 unspecified atom stereocenters. The van der Waals surface area contributed by atoms with Crippen molar-refractivity contribution in [2.75, 3.05) is 23.9 Å². The van der Waals surface area contributed by atoms with E-state index in [1.54, 1.807) is 0 Å². The Kier molecular flexibility index (Phi) is 6.49.